The predicted octanol–water partition coefficient (Wildman–Crippen LogP) is 2.10. The summed E-state index contributed by atoms with van der Waals surface area (Å²) in [5, 5.41) is 20.3. The average molecular weight is 241 g/mol. The standard InChI is InChI=1S/C12H16FNO3/c1-8(3-2-6-15)14-11-5-4-9(12(16)17)7-10(11)13/h4-5,7-8,14-15H,2-3,6H2,1H3,(H,16,17). The summed E-state index contributed by atoms with van der Waals surface area (Å²) in [5.74, 6) is -1.73. The largest absolute Gasteiger partial charge is 0.478 e. The molecule has 1 atom stereocenters. The summed E-state index contributed by atoms with van der Waals surface area (Å²) in [6.45, 7) is 1.98. The molecule has 3 N–H and O–H groups in total. The molecule has 1 unspecified atom stereocenters. The molecule has 1 aromatic carbocycles. The van der Waals surface area contributed by atoms with Crippen LogP contribution in [0.2, 0.25) is 0 Å². The second-order valence-electron chi connectivity index (χ2n) is 3.91. The third-order valence-electron chi connectivity index (χ3n) is 2.41. The van der Waals surface area contributed by atoms with Gasteiger partial charge >= 0.3 is 5.97 Å². The molecule has 0 aliphatic carbocycles. The highest BCUT2D eigenvalue weighted by Crippen LogP contribution is 2.17. The number of carboxylic acids is 1. The molecule has 0 bridgehead atoms. The van der Waals surface area contributed by atoms with Gasteiger partial charge in [-0.05, 0) is 38.0 Å². The van der Waals surface area contributed by atoms with E-state index in [9.17, 15) is 9.18 Å². The van der Waals surface area contributed by atoms with Crippen LogP contribution in [0.5, 0.6) is 0 Å². The Morgan fingerprint density at radius 1 is 1.53 bits per heavy atom. The van der Waals surface area contributed by atoms with Gasteiger partial charge in [-0.3, -0.25) is 0 Å². The van der Waals surface area contributed by atoms with E-state index in [0.29, 0.717) is 6.42 Å². The van der Waals surface area contributed by atoms with Crippen LogP contribution in [-0.2, 0) is 0 Å². The first-order valence-corrected chi connectivity index (χ1v) is 5.45. The number of aliphatic hydroxyl groups is 1. The van der Waals surface area contributed by atoms with E-state index in [4.69, 9.17) is 10.2 Å². The first-order valence-electron chi connectivity index (χ1n) is 5.45. The number of carbonyl (C=O) groups is 1. The summed E-state index contributed by atoms with van der Waals surface area (Å²) < 4.78 is 13.5. The van der Waals surface area contributed by atoms with Crippen LogP contribution in [-0.4, -0.2) is 28.8 Å². The van der Waals surface area contributed by atoms with E-state index in [1.165, 1.54) is 12.1 Å². The summed E-state index contributed by atoms with van der Waals surface area (Å²) in [6, 6.07) is 3.77. The molecule has 0 aliphatic rings. The predicted molar refractivity (Wildman–Crippen MR) is 62.8 cm³/mol. The van der Waals surface area contributed by atoms with Gasteiger partial charge in [0.05, 0.1) is 11.3 Å². The van der Waals surface area contributed by atoms with Gasteiger partial charge < -0.3 is 15.5 Å². The smallest absolute Gasteiger partial charge is 0.335 e. The normalized spacial score (nSPS) is 12.2. The van der Waals surface area contributed by atoms with Crippen LogP contribution in [0.4, 0.5) is 10.1 Å². The second-order valence-corrected chi connectivity index (χ2v) is 3.91. The maximum absolute atomic E-state index is 13.5. The number of nitrogens with one attached hydrogen (secondary N) is 1. The molecule has 0 saturated heterocycles. The van der Waals surface area contributed by atoms with Crippen molar-refractivity contribution in [3.8, 4) is 0 Å². The fourth-order valence-electron chi connectivity index (χ4n) is 1.50. The van der Waals surface area contributed by atoms with Crippen molar-refractivity contribution in [1.82, 2.24) is 0 Å². The van der Waals surface area contributed by atoms with Crippen molar-refractivity contribution >= 4 is 11.7 Å². The number of aliphatic hydroxyl groups excluding tert-OH is 1. The number of hydrogen-bond donors (Lipinski definition) is 3. The van der Waals surface area contributed by atoms with E-state index in [-0.39, 0.29) is 23.9 Å². The van der Waals surface area contributed by atoms with Gasteiger partial charge in [0.1, 0.15) is 5.82 Å². The van der Waals surface area contributed by atoms with Gasteiger partial charge in [-0.1, -0.05) is 0 Å². The quantitative estimate of drug-likeness (QED) is 0.713. The van der Waals surface area contributed by atoms with Crippen molar-refractivity contribution in [2.75, 3.05) is 11.9 Å². The fourth-order valence-corrected chi connectivity index (χ4v) is 1.50. The number of aromatic carboxylic acids is 1. The van der Waals surface area contributed by atoms with E-state index in [2.05, 4.69) is 5.32 Å². The Morgan fingerprint density at radius 3 is 2.76 bits per heavy atom. The first kappa shape index (κ1) is 13.4. The molecular weight excluding hydrogens is 225 g/mol. The highest BCUT2D eigenvalue weighted by atomic mass is 19.1. The van der Waals surface area contributed by atoms with Gasteiger partial charge in [-0.2, -0.15) is 0 Å². The highest BCUT2D eigenvalue weighted by Gasteiger charge is 2.10. The van der Waals surface area contributed by atoms with Crippen LogP contribution in [0.25, 0.3) is 0 Å². The van der Waals surface area contributed by atoms with E-state index in [0.717, 1.165) is 12.5 Å². The molecule has 0 fully saturated rings. The minimum atomic E-state index is -1.15. The molecule has 1 rings (SSSR count). The molecule has 0 heterocycles. The molecule has 1 aromatic rings. The van der Waals surface area contributed by atoms with Gasteiger partial charge in [-0.15, -0.1) is 0 Å². The lowest BCUT2D eigenvalue weighted by Gasteiger charge is -2.15. The van der Waals surface area contributed by atoms with Crippen molar-refractivity contribution in [2.24, 2.45) is 0 Å². The molecule has 5 heteroatoms. The molecule has 0 radical (unpaired) electrons. The van der Waals surface area contributed by atoms with E-state index < -0.39 is 11.8 Å². The van der Waals surface area contributed by atoms with Gasteiger partial charge in [0.2, 0.25) is 0 Å². The van der Waals surface area contributed by atoms with Crippen molar-refractivity contribution in [2.45, 2.75) is 25.8 Å². The van der Waals surface area contributed by atoms with Crippen LogP contribution >= 0.6 is 0 Å². The molecule has 0 amide bonds. The zero-order valence-electron chi connectivity index (χ0n) is 9.61. The van der Waals surface area contributed by atoms with Crippen LogP contribution in [0.1, 0.15) is 30.1 Å². The van der Waals surface area contributed by atoms with Gasteiger partial charge in [-0.25, -0.2) is 9.18 Å². The SMILES string of the molecule is CC(CCCO)Nc1ccc(C(=O)O)cc1F. The minimum Gasteiger partial charge on any atom is -0.478 e. The number of halogens is 1. The topological polar surface area (TPSA) is 69.6 Å². The lowest BCUT2D eigenvalue weighted by Crippen LogP contribution is -2.16. The molecule has 4 nitrogen and oxygen atoms in total. The second kappa shape index (κ2) is 6.20. The lowest BCUT2D eigenvalue weighted by atomic mass is 10.1. The molecule has 0 aromatic heterocycles. The van der Waals surface area contributed by atoms with Crippen molar-refractivity contribution < 1.29 is 19.4 Å². The highest BCUT2D eigenvalue weighted by molar-refractivity contribution is 5.88. The van der Waals surface area contributed by atoms with Crippen LogP contribution < -0.4 is 5.32 Å². The van der Waals surface area contributed by atoms with E-state index >= 15 is 0 Å². The summed E-state index contributed by atoms with van der Waals surface area (Å²) in [7, 11) is 0. The molecule has 17 heavy (non-hydrogen) atoms. The van der Waals surface area contributed by atoms with Crippen molar-refractivity contribution in [3.63, 3.8) is 0 Å². The lowest BCUT2D eigenvalue weighted by molar-refractivity contribution is 0.0696. The third kappa shape index (κ3) is 4.03. The maximum atomic E-state index is 13.5. The zero-order valence-corrected chi connectivity index (χ0v) is 9.61. The van der Waals surface area contributed by atoms with Gasteiger partial charge in [0, 0.05) is 12.6 Å². The summed E-state index contributed by atoms with van der Waals surface area (Å²) in [6.07, 6.45) is 1.36. The fraction of sp³-hybridized carbons (Fsp3) is 0.417. The van der Waals surface area contributed by atoms with Gasteiger partial charge in [0.15, 0.2) is 0 Å². The Bertz CT molecular complexity index is 395. The Hall–Kier alpha value is -1.62. The molecule has 0 saturated carbocycles. The zero-order chi connectivity index (χ0) is 12.8. The van der Waals surface area contributed by atoms with E-state index in [1.54, 1.807) is 0 Å². The molecule has 0 spiro atoms. The summed E-state index contributed by atoms with van der Waals surface area (Å²) in [4.78, 5) is 10.6. The minimum absolute atomic E-state index is 0.0207. The number of anilines is 1. The summed E-state index contributed by atoms with van der Waals surface area (Å²) in [5.41, 5.74) is 0.205. The van der Waals surface area contributed by atoms with Crippen LogP contribution in [0.3, 0.4) is 0 Å². The number of rotatable bonds is 6. The Labute approximate surface area is 99.1 Å². The van der Waals surface area contributed by atoms with Crippen LogP contribution in [0, 0.1) is 5.82 Å². The van der Waals surface area contributed by atoms with Crippen molar-refractivity contribution in [3.05, 3.63) is 29.6 Å². The monoisotopic (exact) mass is 241 g/mol. The Kier molecular flexibility index (Phi) is 4.90. The number of benzene rings is 1. The van der Waals surface area contributed by atoms with Gasteiger partial charge in [0.25, 0.3) is 0 Å². The number of hydrogen-bond acceptors (Lipinski definition) is 3. The molecule has 94 valence electrons. The Morgan fingerprint density at radius 2 is 2.24 bits per heavy atom. The molecular formula is C12H16FNO3. The third-order valence-corrected chi connectivity index (χ3v) is 2.41. The summed E-state index contributed by atoms with van der Waals surface area (Å²) >= 11 is 0. The number of carboxylic acid groups (broad SMARTS) is 1. The van der Waals surface area contributed by atoms with Crippen LogP contribution in [0.15, 0.2) is 18.2 Å². The molecule has 0 aliphatic heterocycles. The van der Waals surface area contributed by atoms with Crippen molar-refractivity contribution in [1.29, 1.82) is 0 Å². The Balaban J connectivity index is 2.69. The maximum Gasteiger partial charge on any atom is 0.335 e. The average Bonchev–Trinajstić information content (AvgIpc) is 2.28. The van der Waals surface area contributed by atoms with E-state index in [1.807, 2.05) is 6.92 Å². The first-order chi connectivity index (χ1) is 8.04.